The van der Waals surface area contributed by atoms with E-state index in [1.54, 1.807) is 18.3 Å². The lowest BCUT2D eigenvalue weighted by Gasteiger charge is -2.06. The van der Waals surface area contributed by atoms with Gasteiger partial charge in [0.05, 0.1) is 11.3 Å². The predicted molar refractivity (Wildman–Crippen MR) is 69.6 cm³/mol. The summed E-state index contributed by atoms with van der Waals surface area (Å²) in [4.78, 5) is 11.0. The van der Waals surface area contributed by atoms with E-state index in [0.717, 1.165) is 5.56 Å². The summed E-state index contributed by atoms with van der Waals surface area (Å²) in [5, 5.41) is 16.2. The molecular formula is C13H13N5O. The molecular weight excluding hydrogens is 242 g/mol. The lowest BCUT2D eigenvalue weighted by atomic mass is 10.1. The standard InChI is InChI=1S/C13H13N5O/c1-16-8-9-2-3-12(10(6-9)7-14)18-5-4-11(17-18)13(15)19/h2-6,16H,8H2,1H3,(H2,15,19). The van der Waals surface area contributed by atoms with Gasteiger partial charge in [-0.25, -0.2) is 4.68 Å². The minimum absolute atomic E-state index is 0.170. The van der Waals surface area contributed by atoms with Crippen LogP contribution in [0.1, 0.15) is 21.6 Å². The Bertz CT molecular complexity index is 653. The number of nitrogens with two attached hydrogens (primary N) is 1. The molecule has 0 aliphatic rings. The molecule has 6 heteroatoms. The summed E-state index contributed by atoms with van der Waals surface area (Å²) in [5.74, 6) is -0.593. The van der Waals surface area contributed by atoms with Gasteiger partial charge in [-0.3, -0.25) is 4.79 Å². The molecule has 0 radical (unpaired) electrons. The summed E-state index contributed by atoms with van der Waals surface area (Å²) >= 11 is 0. The summed E-state index contributed by atoms with van der Waals surface area (Å²) in [7, 11) is 1.84. The molecule has 3 N–H and O–H groups in total. The van der Waals surface area contributed by atoms with Crippen molar-refractivity contribution < 1.29 is 4.79 Å². The van der Waals surface area contributed by atoms with E-state index >= 15 is 0 Å². The molecule has 0 spiro atoms. The highest BCUT2D eigenvalue weighted by molar-refractivity contribution is 5.90. The number of nitriles is 1. The maximum absolute atomic E-state index is 11.0. The fourth-order valence-electron chi connectivity index (χ4n) is 1.78. The minimum atomic E-state index is -0.593. The van der Waals surface area contributed by atoms with E-state index < -0.39 is 5.91 Å². The van der Waals surface area contributed by atoms with Crippen molar-refractivity contribution in [3.63, 3.8) is 0 Å². The number of hydrogen-bond donors (Lipinski definition) is 2. The molecule has 0 atom stereocenters. The van der Waals surface area contributed by atoms with Crippen LogP contribution in [0.5, 0.6) is 0 Å². The molecule has 0 unspecified atom stereocenters. The van der Waals surface area contributed by atoms with Crippen LogP contribution in [0.4, 0.5) is 0 Å². The van der Waals surface area contributed by atoms with Gasteiger partial charge in [-0.05, 0) is 30.8 Å². The Morgan fingerprint density at radius 2 is 2.32 bits per heavy atom. The lowest BCUT2D eigenvalue weighted by molar-refractivity contribution is 0.0995. The topological polar surface area (TPSA) is 96.7 Å². The molecule has 1 aromatic heterocycles. The number of carbonyl (C=O) groups excluding carboxylic acids is 1. The first-order valence-corrected chi connectivity index (χ1v) is 5.69. The zero-order valence-electron chi connectivity index (χ0n) is 10.4. The van der Waals surface area contributed by atoms with E-state index in [2.05, 4.69) is 16.5 Å². The van der Waals surface area contributed by atoms with Gasteiger partial charge in [-0.15, -0.1) is 0 Å². The van der Waals surface area contributed by atoms with Crippen molar-refractivity contribution in [2.45, 2.75) is 6.54 Å². The highest BCUT2D eigenvalue weighted by Gasteiger charge is 2.09. The smallest absolute Gasteiger partial charge is 0.269 e. The second-order valence-corrected chi connectivity index (χ2v) is 4.00. The Kier molecular flexibility index (Phi) is 3.59. The van der Waals surface area contributed by atoms with Crippen LogP contribution in [0.3, 0.4) is 0 Å². The van der Waals surface area contributed by atoms with Crippen LogP contribution >= 0.6 is 0 Å². The fraction of sp³-hybridized carbons (Fsp3) is 0.154. The molecule has 2 aromatic rings. The van der Waals surface area contributed by atoms with Crippen molar-refractivity contribution in [3.8, 4) is 11.8 Å². The van der Waals surface area contributed by atoms with E-state index in [9.17, 15) is 10.1 Å². The average molecular weight is 255 g/mol. The van der Waals surface area contributed by atoms with Gasteiger partial charge >= 0.3 is 0 Å². The molecule has 0 aliphatic heterocycles. The van der Waals surface area contributed by atoms with Crippen molar-refractivity contribution in [2.75, 3.05) is 7.05 Å². The Hall–Kier alpha value is -2.65. The average Bonchev–Trinajstić information content (AvgIpc) is 2.88. The Balaban J connectivity index is 2.43. The van der Waals surface area contributed by atoms with Crippen molar-refractivity contribution in [1.29, 1.82) is 5.26 Å². The van der Waals surface area contributed by atoms with Crippen LogP contribution in [0.25, 0.3) is 5.69 Å². The van der Waals surface area contributed by atoms with Crippen LogP contribution in [0, 0.1) is 11.3 Å². The van der Waals surface area contributed by atoms with Gasteiger partial charge in [0.15, 0.2) is 0 Å². The van der Waals surface area contributed by atoms with Gasteiger partial charge in [0.25, 0.3) is 5.91 Å². The van der Waals surface area contributed by atoms with Crippen molar-refractivity contribution in [3.05, 3.63) is 47.3 Å². The molecule has 0 saturated carbocycles. The first kappa shape index (κ1) is 12.8. The maximum atomic E-state index is 11.0. The molecule has 0 fully saturated rings. The van der Waals surface area contributed by atoms with Crippen LogP contribution in [-0.2, 0) is 6.54 Å². The normalized spacial score (nSPS) is 10.1. The number of aromatic nitrogens is 2. The van der Waals surface area contributed by atoms with E-state index in [1.807, 2.05) is 13.1 Å². The summed E-state index contributed by atoms with van der Waals surface area (Å²) < 4.78 is 1.47. The second-order valence-electron chi connectivity index (χ2n) is 4.00. The highest BCUT2D eigenvalue weighted by atomic mass is 16.1. The Labute approximate surface area is 110 Å². The summed E-state index contributed by atoms with van der Waals surface area (Å²) in [6.45, 7) is 0.681. The number of nitrogens with one attached hydrogen (secondary N) is 1. The predicted octanol–water partition coefficient (Wildman–Crippen LogP) is 0.562. The van der Waals surface area contributed by atoms with E-state index in [0.29, 0.717) is 17.8 Å². The van der Waals surface area contributed by atoms with Crippen molar-refractivity contribution >= 4 is 5.91 Å². The quantitative estimate of drug-likeness (QED) is 0.834. The Morgan fingerprint density at radius 1 is 1.53 bits per heavy atom. The monoisotopic (exact) mass is 255 g/mol. The van der Waals surface area contributed by atoms with E-state index in [1.165, 1.54) is 10.7 Å². The summed E-state index contributed by atoms with van der Waals surface area (Å²) in [5.41, 5.74) is 7.44. The van der Waals surface area contributed by atoms with Gasteiger partial charge in [0.2, 0.25) is 0 Å². The second kappa shape index (κ2) is 5.33. The lowest BCUT2D eigenvalue weighted by Crippen LogP contribution is -2.12. The van der Waals surface area contributed by atoms with Crippen LogP contribution in [-0.4, -0.2) is 22.7 Å². The van der Waals surface area contributed by atoms with E-state index in [4.69, 9.17) is 5.73 Å². The molecule has 0 bridgehead atoms. The zero-order chi connectivity index (χ0) is 13.8. The number of rotatable bonds is 4. The molecule has 1 aromatic carbocycles. The van der Waals surface area contributed by atoms with Crippen molar-refractivity contribution in [1.82, 2.24) is 15.1 Å². The van der Waals surface area contributed by atoms with Gasteiger partial charge in [0, 0.05) is 12.7 Å². The number of amides is 1. The number of carbonyl (C=O) groups is 1. The van der Waals surface area contributed by atoms with Crippen molar-refractivity contribution in [2.24, 2.45) is 5.73 Å². The number of benzene rings is 1. The molecule has 1 heterocycles. The summed E-state index contributed by atoms with van der Waals surface area (Å²) in [6.07, 6.45) is 1.61. The van der Waals surface area contributed by atoms with Crippen LogP contribution < -0.4 is 11.1 Å². The van der Waals surface area contributed by atoms with Gasteiger partial charge in [0.1, 0.15) is 11.8 Å². The summed E-state index contributed by atoms with van der Waals surface area (Å²) in [6, 6.07) is 9.13. The van der Waals surface area contributed by atoms with E-state index in [-0.39, 0.29) is 5.69 Å². The minimum Gasteiger partial charge on any atom is -0.364 e. The molecule has 19 heavy (non-hydrogen) atoms. The van der Waals surface area contributed by atoms with Gasteiger partial charge < -0.3 is 11.1 Å². The maximum Gasteiger partial charge on any atom is 0.269 e. The van der Waals surface area contributed by atoms with Crippen LogP contribution in [0.2, 0.25) is 0 Å². The Morgan fingerprint density at radius 3 is 2.89 bits per heavy atom. The fourth-order valence-corrected chi connectivity index (χ4v) is 1.78. The third-order valence-corrected chi connectivity index (χ3v) is 2.65. The molecule has 96 valence electrons. The van der Waals surface area contributed by atoms with Gasteiger partial charge in [-0.2, -0.15) is 10.4 Å². The molecule has 1 amide bonds. The molecule has 6 nitrogen and oxygen atoms in total. The largest absolute Gasteiger partial charge is 0.364 e. The first-order chi connectivity index (χ1) is 9.15. The third-order valence-electron chi connectivity index (χ3n) is 2.65. The first-order valence-electron chi connectivity index (χ1n) is 5.69. The highest BCUT2D eigenvalue weighted by Crippen LogP contribution is 2.16. The SMILES string of the molecule is CNCc1ccc(-n2ccc(C(N)=O)n2)c(C#N)c1. The van der Waals surface area contributed by atoms with Crippen LogP contribution in [0.15, 0.2) is 30.5 Å². The zero-order valence-corrected chi connectivity index (χ0v) is 10.4. The number of nitrogens with zero attached hydrogens (tertiary/aromatic N) is 3. The molecule has 0 saturated heterocycles. The molecule has 0 aliphatic carbocycles. The molecule has 2 rings (SSSR count). The number of hydrogen-bond acceptors (Lipinski definition) is 4. The van der Waals surface area contributed by atoms with Gasteiger partial charge in [-0.1, -0.05) is 6.07 Å². The third kappa shape index (κ3) is 2.61. The number of primary amides is 1.